The molecule has 0 spiro atoms. The smallest absolute Gasteiger partial charge is 0.189 e. The van der Waals surface area contributed by atoms with Gasteiger partial charge in [-0.2, -0.15) is 0 Å². The van der Waals surface area contributed by atoms with E-state index in [1.165, 1.54) is 18.4 Å². The Hall–Kier alpha value is -1.59. The highest BCUT2D eigenvalue weighted by atomic mass is 16.5. The molecular formula is C22H37N3O2. The molecular weight excluding hydrogens is 338 g/mol. The predicted octanol–water partition coefficient (Wildman–Crippen LogP) is 4.00. The Bertz CT molecular complexity index is 551. The normalized spacial score (nSPS) is 17.3. The van der Waals surface area contributed by atoms with Gasteiger partial charge in [-0.15, -0.1) is 0 Å². The van der Waals surface area contributed by atoms with Crippen LogP contribution in [-0.2, 0) is 22.6 Å². The lowest BCUT2D eigenvalue weighted by Gasteiger charge is -2.22. The largest absolute Gasteiger partial charge is 0.381 e. The molecule has 5 nitrogen and oxygen atoms in total. The van der Waals surface area contributed by atoms with E-state index in [4.69, 9.17) is 15.2 Å². The van der Waals surface area contributed by atoms with Crippen molar-refractivity contribution in [3.63, 3.8) is 0 Å². The second-order valence-corrected chi connectivity index (χ2v) is 8.01. The maximum atomic E-state index is 6.02. The van der Waals surface area contributed by atoms with Gasteiger partial charge in [-0.25, -0.2) is 4.99 Å². The summed E-state index contributed by atoms with van der Waals surface area (Å²) in [7, 11) is 0. The summed E-state index contributed by atoms with van der Waals surface area (Å²) < 4.78 is 11.3. The third-order valence-corrected chi connectivity index (χ3v) is 4.92. The van der Waals surface area contributed by atoms with Crippen molar-refractivity contribution in [3.8, 4) is 0 Å². The molecule has 0 saturated carbocycles. The van der Waals surface area contributed by atoms with Crippen molar-refractivity contribution in [2.75, 3.05) is 13.2 Å². The molecule has 1 aromatic carbocycles. The monoisotopic (exact) mass is 375 g/mol. The SMILES string of the molecule is CC(C)CCCC(C)NC(N)=NCc1ccc(COC2CCOCC2)cc1. The Balaban J connectivity index is 1.69. The maximum absolute atomic E-state index is 6.02. The van der Waals surface area contributed by atoms with Crippen LogP contribution in [0.3, 0.4) is 0 Å². The number of benzene rings is 1. The van der Waals surface area contributed by atoms with Crippen LogP contribution >= 0.6 is 0 Å². The molecule has 0 bridgehead atoms. The third kappa shape index (κ3) is 9.25. The van der Waals surface area contributed by atoms with E-state index in [9.17, 15) is 0 Å². The fourth-order valence-corrected chi connectivity index (χ4v) is 3.18. The molecule has 1 atom stereocenters. The summed E-state index contributed by atoms with van der Waals surface area (Å²) in [5, 5.41) is 3.29. The first-order valence-electron chi connectivity index (χ1n) is 10.4. The van der Waals surface area contributed by atoms with Crippen LogP contribution in [0.25, 0.3) is 0 Å². The van der Waals surface area contributed by atoms with Gasteiger partial charge >= 0.3 is 0 Å². The van der Waals surface area contributed by atoms with Crippen LogP contribution in [0.15, 0.2) is 29.3 Å². The van der Waals surface area contributed by atoms with Gasteiger partial charge in [0.1, 0.15) is 0 Å². The zero-order chi connectivity index (χ0) is 19.5. The Morgan fingerprint density at radius 3 is 2.48 bits per heavy atom. The lowest BCUT2D eigenvalue weighted by atomic mass is 10.0. The fourth-order valence-electron chi connectivity index (χ4n) is 3.18. The summed E-state index contributed by atoms with van der Waals surface area (Å²) in [5.41, 5.74) is 8.37. The van der Waals surface area contributed by atoms with Gasteiger partial charge in [0.25, 0.3) is 0 Å². The van der Waals surface area contributed by atoms with Crippen LogP contribution in [-0.4, -0.2) is 31.3 Å². The van der Waals surface area contributed by atoms with Crippen molar-refractivity contribution in [2.24, 2.45) is 16.6 Å². The van der Waals surface area contributed by atoms with Crippen molar-refractivity contribution < 1.29 is 9.47 Å². The molecule has 0 amide bonds. The van der Waals surface area contributed by atoms with Crippen molar-refractivity contribution in [2.45, 2.75) is 78.2 Å². The molecule has 3 N–H and O–H groups in total. The molecule has 1 saturated heterocycles. The van der Waals surface area contributed by atoms with Gasteiger partial charge in [0.2, 0.25) is 0 Å². The minimum absolute atomic E-state index is 0.330. The summed E-state index contributed by atoms with van der Waals surface area (Å²) in [4.78, 5) is 4.46. The van der Waals surface area contributed by atoms with Crippen molar-refractivity contribution >= 4 is 5.96 Å². The van der Waals surface area contributed by atoms with E-state index in [1.54, 1.807) is 0 Å². The number of hydrogen-bond donors (Lipinski definition) is 2. The van der Waals surface area contributed by atoms with Gasteiger partial charge in [0, 0.05) is 19.3 Å². The first-order chi connectivity index (χ1) is 13.0. The van der Waals surface area contributed by atoms with Crippen LogP contribution in [0.4, 0.5) is 0 Å². The number of guanidine groups is 1. The molecule has 1 aliphatic heterocycles. The van der Waals surface area contributed by atoms with E-state index in [0.717, 1.165) is 44.0 Å². The number of nitrogens with one attached hydrogen (secondary N) is 1. The molecule has 1 aromatic rings. The van der Waals surface area contributed by atoms with Crippen molar-refractivity contribution in [1.82, 2.24) is 5.32 Å². The number of ether oxygens (including phenoxy) is 2. The van der Waals surface area contributed by atoms with E-state index in [-0.39, 0.29) is 0 Å². The lowest BCUT2D eigenvalue weighted by Crippen LogP contribution is -2.38. The van der Waals surface area contributed by atoms with Gasteiger partial charge in [0.05, 0.1) is 19.3 Å². The van der Waals surface area contributed by atoms with Crippen LogP contribution in [0.5, 0.6) is 0 Å². The van der Waals surface area contributed by atoms with Crippen LogP contribution in [0, 0.1) is 5.92 Å². The molecule has 0 aromatic heterocycles. The van der Waals surface area contributed by atoms with Crippen LogP contribution in [0.1, 0.15) is 64.0 Å². The van der Waals surface area contributed by atoms with Gasteiger partial charge in [-0.3, -0.25) is 0 Å². The summed E-state index contributed by atoms with van der Waals surface area (Å²) in [6.07, 6.45) is 5.92. The summed E-state index contributed by atoms with van der Waals surface area (Å²) in [6.45, 7) is 9.56. The summed E-state index contributed by atoms with van der Waals surface area (Å²) in [5.74, 6) is 1.28. The maximum Gasteiger partial charge on any atom is 0.189 e. The minimum atomic E-state index is 0.330. The average Bonchev–Trinajstić information content (AvgIpc) is 2.66. The lowest BCUT2D eigenvalue weighted by molar-refractivity contribution is -0.0390. The highest BCUT2D eigenvalue weighted by Crippen LogP contribution is 2.14. The quantitative estimate of drug-likeness (QED) is 0.479. The second-order valence-electron chi connectivity index (χ2n) is 8.01. The van der Waals surface area contributed by atoms with Crippen LogP contribution < -0.4 is 11.1 Å². The number of aliphatic imine (C=N–C) groups is 1. The average molecular weight is 376 g/mol. The molecule has 0 radical (unpaired) electrons. The predicted molar refractivity (Wildman–Crippen MR) is 112 cm³/mol. The van der Waals surface area contributed by atoms with Crippen molar-refractivity contribution in [3.05, 3.63) is 35.4 Å². The van der Waals surface area contributed by atoms with E-state index in [0.29, 0.717) is 31.3 Å². The molecule has 2 rings (SSSR count). The number of rotatable bonds is 10. The standard InChI is InChI=1S/C22H37N3O2/c1-17(2)5-4-6-18(3)25-22(23)24-15-19-7-9-20(10-8-19)16-27-21-11-13-26-14-12-21/h7-10,17-18,21H,4-6,11-16H2,1-3H3,(H3,23,24,25). The Morgan fingerprint density at radius 2 is 1.81 bits per heavy atom. The Labute approximate surface area is 164 Å². The van der Waals surface area contributed by atoms with Crippen LogP contribution in [0.2, 0.25) is 0 Å². The Morgan fingerprint density at radius 1 is 1.15 bits per heavy atom. The molecule has 152 valence electrons. The topological polar surface area (TPSA) is 68.9 Å². The number of nitrogens with zero attached hydrogens (tertiary/aromatic N) is 1. The van der Waals surface area contributed by atoms with E-state index in [1.807, 2.05) is 0 Å². The third-order valence-electron chi connectivity index (χ3n) is 4.92. The molecule has 1 unspecified atom stereocenters. The highest BCUT2D eigenvalue weighted by Gasteiger charge is 2.13. The van der Waals surface area contributed by atoms with E-state index in [2.05, 4.69) is 55.3 Å². The van der Waals surface area contributed by atoms with Crippen molar-refractivity contribution in [1.29, 1.82) is 0 Å². The molecule has 1 heterocycles. The van der Waals surface area contributed by atoms with Gasteiger partial charge in [-0.1, -0.05) is 51.0 Å². The Kier molecular flexibility index (Phi) is 9.64. The van der Waals surface area contributed by atoms with E-state index >= 15 is 0 Å². The molecule has 1 aliphatic rings. The molecule has 27 heavy (non-hydrogen) atoms. The van der Waals surface area contributed by atoms with E-state index < -0.39 is 0 Å². The van der Waals surface area contributed by atoms with Gasteiger partial charge in [0.15, 0.2) is 5.96 Å². The number of hydrogen-bond acceptors (Lipinski definition) is 3. The first-order valence-corrected chi connectivity index (χ1v) is 10.4. The van der Waals surface area contributed by atoms with Gasteiger partial charge < -0.3 is 20.5 Å². The van der Waals surface area contributed by atoms with Gasteiger partial charge in [-0.05, 0) is 43.2 Å². The molecule has 0 aliphatic carbocycles. The zero-order valence-corrected chi connectivity index (χ0v) is 17.2. The molecule has 1 fully saturated rings. The first kappa shape index (κ1) is 21.7. The summed E-state index contributed by atoms with van der Waals surface area (Å²) in [6, 6.07) is 8.79. The highest BCUT2D eigenvalue weighted by molar-refractivity contribution is 5.78. The fraction of sp³-hybridized carbons (Fsp3) is 0.682. The minimum Gasteiger partial charge on any atom is -0.381 e. The number of nitrogens with two attached hydrogens (primary N) is 1. The second kappa shape index (κ2) is 12.0. The zero-order valence-electron chi connectivity index (χ0n) is 17.2. The molecule has 5 heteroatoms. The summed E-state index contributed by atoms with van der Waals surface area (Å²) >= 11 is 0.